The Morgan fingerprint density at radius 1 is 1.48 bits per heavy atom. The van der Waals surface area contributed by atoms with E-state index in [1.807, 2.05) is 4.90 Å². The van der Waals surface area contributed by atoms with E-state index in [0.717, 1.165) is 19.3 Å². The second kappa shape index (κ2) is 4.59. The lowest BCUT2D eigenvalue weighted by molar-refractivity contribution is -0.00107. The quantitative estimate of drug-likeness (QED) is 0.589. The predicted molar refractivity (Wildman–Crippen MR) is 84.8 cm³/mol. The maximum Gasteiger partial charge on any atom is 0.411 e. The minimum atomic E-state index is -1.77. The number of ether oxygens (including phenoxy) is 1. The van der Waals surface area contributed by atoms with Crippen LogP contribution in [0.1, 0.15) is 40.0 Å². The summed E-state index contributed by atoms with van der Waals surface area (Å²) in [5.74, 6) is 0. The van der Waals surface area contributed by atoms with Crippen LogP contribution in [0.3, 0.4) is 0 Å². The summed E-state index contributed by atoms with van der Waals surface area (Å²) in [6, 6.07) is 0.162. The van der Waals surface area contributed by atoms with Crippen molar-refractivity contribution in [3.8, 4) is 0 Å². The molecule has 0 unspecified atom stereocenters. The lowest BCUT2D eigenvalue weighted by atomic mass is 9.94. The number of nitrogens with zero attached hydrogens (tertiary/aromatic N) is 1. The summed E-state index contributed by atoms with van der Waals surface area (Å²) >= 11 is 0. The normalized spacial score (nSPS) is 35.1. The van der Waals surface area contributed by atoms with Crippen LogP contribution < -0.4 is 0 Å². The van der Waals surface area contributed by atoms with Gasteiger partial charge in [-0.3, -0.25) is 4.90 Å². The number of hydrogen-bond acceptors (Lipinski definition) is 3. The fraction of sp³-hybridized carbons (Fsp3) is 0.812. The van der Waals surface area contributed by atoms with Gasteiger partial charge in [0, 0.05) is 6.42 Å². The van der Waals surface area contributed by atoms with E-state index in [0.29, 0.717) is 6.61 Å². The number of hydrogen-bond donors (Lipinski definition) is 0. The molecule has 3 atom stereocenters. The Hall–Kier alpha value is -0.813. The molecule has 1 aliphatic carbocycles. The molecule has 1 amide bonds. The first-order valence-corrected chi connectivity index (χ1v) is 10.9. The molecule has 2 aliphatic heterocycles. The highest BCUT2D eigenvalue weighted by Gasteiger charge is 2.55. The van der Waals surface area contributed by atoms with Crippen LogP contribution in [-0.4, -0.2) is 43.6 Å². The van der Waals surface area contributed by atoms with Gasteiger partial charge in [0.1, 0.15) is 6.10 Å². The molecule has 5 heteroatoms. The average molecular weight is 309 g/mol. The molecule has 118 valence electrons. The van der Waals surface area contributed by atoms with Gasteiger partial charge in [0.05, 0.1) is 18.2 Å². The van der Waals surface area contributed by atoms with Gasteiger partial charge in [0.25, 0.3) is 0 Å². The molecule has 2 fully saturated rings. The number of fused-ring (bicyclic) bond motifs is 1. The van der Waals surface area contributed by atoms with Crippen molar-refractivity contribution in [1.82, 2.24) is 4.90 Å². The standard InChI is InChI=1S/C16H27NO3Si/c1-15(2,3)21(4,5)19-11-12-6-8-16-9-7-13(10-16)20-14(18)17(12)16/h7,9,12-13H,6,8,10-11H2,1-5H3/t12-,13-,16+/m0/s1. The minimum absolute atomic E-state index is 0.00573. The van der Waals surface area contributed by atoms with E-state index in [1.165, 1.54) is 0 Å². The van der Waals surface area contributed by atoms with Gasteiger partial charge in [0.15, 0.2) is 8.32 Å². The van der Waals surface area contributed by atoms with Crippen molar-refractivity contribution in [3.05, 3.63) is 12.2 Å². The molecule has 0 aromatic carbocycles. The van der Waals surface area contributed by atoms with Crippen molar-refractivity contribution in [2.75, 3.05) is 6.61 Å². The zero-order valence-corrected chi connectivity index (χ0v) is 14.8. The van der Waals surface area contributed by atoms with E-state index in [9.17, 15) is 4.79 Å². The van der Waals surface area contributed by atoms with Crippen molar-refractivity contribution in [2.45, 2.75) is 75.9 Å². The Kier molecular flexibility index (Phi) is 3.30. The molecule has 0 aromatic rings. The maximum atomic E-state index is 12.3. The van der Waals surface area contributed by atoms with E-state index in [2.05, 4.69) is 46.0 Å². The Balaban J connectivity index is 1.71. The van der Waals surface area contributed by atoms with Crippen LogP contribution in [0, 0.1) is 0 Å². The summed E-state index contributed by atoms with van der Waals surface area (Å²) in [6.45, 7) is 11.9. The van der Waals surface area contributed by atoms with Gasteiger partial charge in [-0.2, -0.15) is 0 Å². The second-order valence-corrected chi connectivity index (χ2v) is 13.0. The van der Waals surface area contributed by atoms with Gasteiger partial charge in [-0.05, 0) is 37.0 Å². The third-order valence-corrected chi connectivity index (χ3v) is 10.3. The first kappa shape index (κ1) is 15.1. The highest BCUT2D eigenvalue weighted by molar-refractivity contribution is 6.74. The van der Waals surface area contributed by atoms with E-state index >= 15 is 0 Å². The van der Waals surface area contributed by atoms with Gasteiger partial charge in [-0.15, -0.1) is 0 Å². The average Bonchev–Trinajstić information content (AvgIpc) is 2.89. The topological polar surface area (TPSA) is 38.8 Å². The molecule has 1 spiro atoms. The summed E-state index contributed by atoms with van der Waals surface area (Å²) in [5.41, 5.74) is -0.0819. The molecule has 2 heterocycles. The van der Waals surface area contributed by atoms with Crippen LogP contribution in [0.2, 0.25) is 18.1 Å². The Morgan fingerprint density at radius 3 is 2.86 bits per heavy atom. The van der Waals surface area contributed by atoms with Crippen LogP contribution in [0.4, 0.5) is 4.79 Å². The van der Waals surface area contributed by atoms with Crippen LogP contribution in [0.5, 0.6) is 0 Å². The fourth-order valence-corrected chi connectivity index (χ4v) is 4.48. The highest BCUT2D eigenvalue weighted by atomic mass is 28.4. The molecule has 3 rings (SSSR count). The number of carbonyl (C=O) groups is 1. The zero-order valence-electron chi connectivity index (χ0n) is 13.8. The highest BCUT2D eigenvalue weighted by Crippen LogP contribution is 2.47. The van der Waals surface area contributed by atoms with Crippen molar-refractivity contribution >= 4 is 14.4 Å². The molecular formula is C16H27NO3Si. The number of rotatable bonds is 3. The third-order valence-electron chi connectivity index (χ3n) is 5.82. The van der Waals surface area contributed by atoms with Crippen molar-refractivity contribution in [3.63, 3.8) is 0 Å². The van der Waals surface area contributed by atoms with Gasteiger partial charge in [0.2, 0.25) is 0 Å². The summed E-state index contributed by atoms with van der Waals surface area (Å²) in [5, 5.41) is 0.198. The van der Waals surface area contributed by atoms with Crippen LogP contribution in [-0.2, 0) is 9.16 Å². The third kappa shape index (κ3) is 2.34. The molecule has 2 saturated heterocycles. The number of carbonyl (C=O) groups excluding carboxylic acids is 1. The predicted octanol–water partition coefficient (Wildman–Crippen LogP) is 3.69. The lowest BCUT2D eigenvalue weighted by Crippen LogP contribution is -2.55. The molecule has 0 N–H and O–H groups in total. The smallest absolute Gasteiger partial charge is 0.411 e. The van der Waals surface area contributed by atoms with Gasteiger partial charge in [-0.25, -0.2) is 4.79 Å². The monoisotopic (exact) mass is 309 g/mol. The fourth-order valence-electron chi connectivity index (χ4n) is 3.44. The van der Waals surface area contributed by atoms with Crippen molar-refractivity contribution in [2.24, 2.45) is 0 Å². The van der Waals surface area contributed by atoms with Crippen LogP contribution in [0.25, 0.3) is 0 Å². The van der Waals surface area contributed by atoms with Crippen molar-refractivity contribution in [1.29, 1.82) is 0 Å². The summed E-state index contributed by atoms with van der Waals surface area (Å²) in [6.07, 6.45) is 7.06. The first-order chi connectivity index (χ1) is 9.65. The zero-order chi connectivity index (χ0) is 15.5. The summed E-state index contributed by atoms with van der Waals surface area (Å²) in [7, 11) is -1.77. The Labute approximate surface area is 128 Å². The molecule has 2 bridgehead atoms. The lowest BCUT2D eigenvalue weighted by Gasteiger charge is -2.42. The number of amides is 1. The molecule has 4 nitrogen and oxygen atoms in total. The Morgan fingerprint density at radius 2 is 2.19 bits per heavy atom. The van der Waals surface area contributed by atoms with Crippen LogP contribution in [0.15, 0.2) is 12.2 Å². The molecule has 0 aromatic heterocycles. The van der Waals surface area contributed by atoms with Crippen molar-refractivity contribution < 1.29 is 14.0 Å². The molecule has 21 heavy (non-hydrogen) atoms. The molecule has 0 saturated carbocycles. The molecular weight excluding hydrogens is 282 g/mol. The molecule has 0 radical (unpaired) electrons. The second-order valence-electron chi connectivity index (χ2n) is 8.22. The van der Waals surface area contributed by atoms with Gasteiger partial charge < -0.3 is 9.16 Å². The van der Waals surface area contributed by atoms with E-state index in [1.54, 1.807) is 0 Å². The van der Waals surface area contributed by atoms with Crippen LogP contribution >= 0.6 is 0 Å². The summed E-state index contributed by atoms with van der Waals surface area (Å²) in [4.78, 5) is 14.2. The largest absolute Gasteiger partial charge is 0.442 e. The van der Waals surface area contributed by atoms with Gasteiger partial charge in [-0.1, -0.05) is 26.8 Å². The van der Waals surface area contributed by atoms with E-state index in [-0.39, 0.29) is 28.8 Å². The SMILES string of the molecule is CC(C)(C)[Si](C)(C)OC[C@@H]1CC[C@@]23C=C[C@@H](C2)OC(=O)N13. The van der Waals surface area contributed by atoms with E-state index in [4.69, 9.17) is 9.16 Å². The van der Waals surface area contributed by atoms with E-state index < -0.39 is 8.32 Å². The van der Waals surface area contributed by atoms with Gasteiger partial charge >= 0.3 is 6.09 Å². The first-order valence-electron chi connectivity index (χ1n) is 7.98. The Bertz CT molecular complexity index is 482. The maximum absolute atomic E-state index is 12.3. The molecule has 3 aliphatic rings. The minimum Gasteiger partial charge on any atom is -0.442 e. The summed E-state index contributed by atoms with van der Waals surface area (Å²) < 4.78 is 11.8.